The minimum absolute atomic E-state index is 0.0156. The molecule has 3 heterocycles. The third-order valence-electron chi connectivity index (χ3n) is 5.54. The first kappa shape index (κ1) is 20.1. The molecule has 1 aromatic carbocycles. The molecule has 8 heteroatoms. The quantitative estimate of drug-likeness (QED) is 0.719. The molecule has 0 aliphatic carbocycles. The van der Waals surface area contributed by atoms with Crippen LogP contribution in [0.3, 0.4) is 0 Å². The number of benzene rings is 1. The molecular formula is C20H24ClN3O2S2. The zero-order valence-corrected chi connectivity index (χ0v) is 18.1. The maximum absolute atomic E-state index is 12.9. The van der Waals surface area contributed by atoms with E-state index < -0.39 is 0 Å². The number of likely N-dealkylation sites (tertiary alicyclic amines) is 1. The first-order valence-corrected chi connectivity index (χ1v) is 12.1. The lowest BCUT2D eigenvalue weighted by molar-refractivity contribution is -0.137. The molecule has 4 rings (SSSR count). The third-order valence-corrected chi connectivity index (χ3v) is 8.27. The normalized spacial score (nSPS) is 23.4. The fourth-order valence-electron chi connectivity index (χ4n) is 3.91. The lowest BCUT2D eigenvalue weighted by Crippen LogP contribution is -2.42. The summed E-state index contributed by atoms with van der Waals surface area (Å²) in [5.41, 5.74) is 0.813. The molecule has 0 saturated carbocycles. The van der Waals surface area contributed by atoms with Gasteiger partial charge in [0.15, 0.2) is 0 Å². The van der Waals surface area contributed by atoms with Gasteiger partial charge in [-0.15, -0.1) is 0 Å². The molecule has 0 radical (unpaired) electrons. The van der Waals surface area contributed by atoms with Gasteiger partial charge in [-0.2, -0.15) is 0 Å². The van der Waals surface area contributed by atoms with E-state index in [0.29, 0.717) is 23.9 Å². The molecule has 28 heavy (non-hydrogen) atoms. The Balaban J connectivity index is 1.27. The lowest BCUT2D eigenvalue weighted by atomic mass is 9.97. The van der Waals surface area contributed by atoms with Crippen LogP contribution >= 0.6 is 35.1 Å². The van der Waals surface area contributed by atoms with Gasteiger partial charge in [-0.25, -0.2) is 0 Å². The van der Waals surface area contributed by atoms with Gasteiger partial charge in [0.25, 0.3) is 0 Å². The van der Waals surface area contributed by atoms with E-state index in [1.54, 1.807) is 17.0 Å². The van der Waals surface area contributed by atoms with E-state index in [9.17, 15) is 9.59 Å². The molecule has 2 fully saturated rings. The van der Waals surface area contributed by atoms with Gasteiger partial charge in [0.2, 0.25) is 11.8 Å². The van der Waals surface area contributed by atoms with E-state index in [4.69, 9.17) is 11.6 Å². The number of halogens is 1. The molecule has 0 N–H and O–H groups in total. The molecule has 3 aliphatic rings. The Labute approximate surface area is 179 Å². The van der Waals surface area contributed by atoms with Crippen LogP contribution in [0.1, 0.15) is 19.3 Å². The Morgan fingerprint density at radius 2 is 2.00 bits per heavy atom. The van der Waals surface area contributed by atoms with Crippen molar-refractivity contribution >= 4 is 57.0 Å². The number of hydrogen-bond donors (Lipinski definition) is 0. The highest BCUT2D eigenvalue weighted by Gasteiger charge is 2.38. The van der Waals surface area contributed by atoms with Gasteiger partial charge in [0, 0.05) is 48.3 Å². The summed E-state index contributed by atoms with van der Waals surface area (Å²) in [6, 6.07) is 7.22. The van der Waals surface area contributed by atoms with Crippen molar-refractivity contribution < 1.29 is 9.59 Å². The highest BCUT2D eigenvalue weighted by atomic mass is 35.5. The SMILES string of the molecule is O=C(C1CC(=O)N(c2ccc(Cl)cc2)C1)N1CCC(CSC2=NCCS2)CC1. The number of nitrogens with zero attached hydrogens (tertiary/aromatic N) is 3. The maximum atomic E-state index is 12.9. The van der Waals surface area contributed by atoms with Crippen molar-refractivity contribution in [3.8, 4) is 0 Å². The van der Waals surface area contributed by atoms with Gasteiger partial charge in [0.1, 0.15) is 4.38 Å². The second-order valence-corrected chi connectivity index (χ2v) is 10.2. The van der Waals surface area contributed by atoms with Crippen LogP contribution in [0.4, 0.5) is 5.69 Å². The second kappa shape index (κ2) is 9.09. The summed E-state index contributed by atoms with van der Waals surface area (Å²) >= 11 is 9.66. The summed E-state index contributed by atoms with van der Waals surface area (Å²) in [7, 11) is 0. The summed E-state index contributed by atoms with van der Waals surface area (Å²) in [4.78, 5) is 33.5. The van der Waals surface area contributed by atoms with Crippen molar-refractivity contribution in [2.45, 2.75) is 19.3 Å². The number of thioether (sulfide) groups is 2. The molecular weight excluding hydrogens is 414 g/mol. The van der Waals surface area contributed by atoms with Crippen LogP contribution < -0.4 is 4.90 Å². The molecule has 2 saturated heterocycles. The smallest absolute Gasteiger partial charge is 0.228 e. The Hall–Kier alpha value is -1.18. The molecule has 0 spiro atoms. The van der Waals surface area contributed by atoms with Crippen molar-refractivity contribution in [3.05, 3.63) is 29.3 Å². The third kappa shape index (κ3) is 4.69. The van der Waals surface area contributed by atoms with E-state index in [-0.39, 0.29) is 17.7 Å². The van der Waals surface area contributed by atoms with Gasteiger partial charge in [-0.3, -0.25) is 14.6 Å². The van der Waals surface area contributed by atoms with E-state index in [1.165, 1.54) is 4.38 Å². The standard InChI is InChI=1S/C20H24ClN3O2S2/c21-16-1-3-17(4-2-16)24-12-15(11-18(24)25)19(26)23-8-5-14(6-9-23)13-28-20-22-7-10-27-20/h1-4,14-15H,5-13H2. The molecule has 1 aromatic rings. The predicted molar refractivity (Wildman–Crippen MR) is 118 cm³/mol. The zero-order valence-electron chi connectivity index (χ0n) is 15.7. The maximum Gasteiger partial charge on any atom is 0.228 e. The lowest BCUT2D eigenvalue weighted by Gasteiger charge is -2.33. The Bertz CT molecular complexity index is 763. The minimum atomic E-state index is -0.238. The number of anilines is 1. The van der Waals surface area contributed by atoms with Gasteiger partial charge < -0.3 is 9.80 Å². The molecule has 1 atom stereocenters. The Kier molecular flexibility index (Phi) is 6.53. The summed E-state index contributed by atoms with van der Waals surface area (Å²) < 4.78 is 1.23. The summed E-state index contributed by atoms with van der Waals surface area (Å²) in [6.45, 7) is 3.02. The van der Waals surface area contributed by atoms with Crippen LogP contribution in [0, 0.1) is 11.8 Å². The number of carbonyl (C=O) groups is 2. The fraction of sp³-hybridized carbons (Fsp3) is 0.550. The number of amides is 2. The number of rotatable bonds is 4. The topological polar surface area (TPSA) is 53.0 Å². The Morgan fingerprint density at radius 1 is 1.25 bits per heavy atom. The number of aliphatic imine (C=N–C) groups is 1. The van der Waals surface area contributed by atoms with Crippen molar-refractivity contribution in [2.24, 2.45) is 16.8 Å². The van der Waals surface area contributed by atoms with E-state index >= 15 is 0 Å². The largest absolute Gasteiger partial charge is 0.342 e. The van der Waals surface area contributed by atoms with Crippen LogP contribution in [0.5, 0.6) is 0 Å². The Morgan fingerprint density at radius 3 is 2.68 bits per heavy atom. The van der Waals surface area contributed by atoms with Crippen molar-refractivity contribution in [3.63, 3.8) is 0 Å². The van der Waals surface area contributed by atoms with Crippen molar-refractivity contribution in [1.29, 1.82) is 0 Å². The highest BCUT2D eigenvalue weighted by Crippen LogP contribution is 2.30. The molecule has 0 aromatic heterocycles. The first-order chi connectivity index (χ1) is 13.6. The molecule has 150 valence electrons. The van der Waals surface area contributed by atoms with Crippen LogP contribution in [-0.4, -0.2) is 58.8 Å². The van der Waals surface area contributed by atoms with Crippen molar-refractivity contribution in [1.82, 2.24) is 4.90 Å². The highest BCUT2D eigenvalue weighted by molar-refractivity contribution is 8.39. The summed E-state index contributed by atoms with van der Waals surface area (Å²) in [5.74, 6) is 2.77. The first-order valence-electron chi connectivity index (χ1n) is 9.75. The van der Waals surface area contributed by atoms with Gasteiger partial charge >= 0.3 is 0 Å². The van der Waals surface area contributed by atoms with Crippen LogP contribution in [0.2, 0.25) is 5.02 Å². The monoisotopic (exact) mass is 437 g/mol. The van der Waals surface area contributed by atoms with Crippen molar-refractivity contribution in [2.75, 3.05) is 42.6 Å². The van der Waals surface area contributed by atoms with Gasteiger partial charge in [-0.1, -0.05) is 35.1 Å². The molecule has 3 aliphatic heterocycles. The van der Waals surface area contributed by atoms with E-state index in [2.05, 4.69) is 4.99 Å². The summed E-state index contributed by atoms with van der Waals surface area (Å²) in [5, 5.41) is 0.641. The molecule has 2 amide bonds. The second-order valence-electron chi connectivity index (χ2n) is 7.46. The van der Waals surface area contributed by atoms with Crippen LogP contribution in [0.25, 0.3) is 0 Å². The molecule has 0 bridgehead atoms. The molecule has 1 unspecified atom stereocenters. The van der Waals surface area contributed by atoms with Crippen LogP contribution in [0.15, 0.2) is 29.3 Å². The van der Waals surface area contributed by atoms with Gasteiger partial charge in [0.05, 0.1) is 12.5 Å². The zero-order chi connectivity index (χ0) is 19.5. The predicted octanol–water partition coefficient (Wildman–Crippen LogP) is 3.77. The average Bonchev–Trinajstić information content (AvgIpc) is 3.37. The average molecular weight is 438 g/mol. The van der Waals surface area contributed by atoms with Crippen LogP contribution in [-0.2, 0) is 9.59 Å². The minimum Gasteiger partial charge on any atom is -0.342 e. The van der Waals surface area contributed by atoms with E-state index in [0.717, 1.165) is 49.7 Å². The number of carbonyl (C=O) groups excluding carboxylic acids is 2. The summed E-state index contributed by atoms with van der Waals surface area (Å²) in [6.07, 6.45) is 2.38. The number of hydrogen-bond acceptors (Lipinski definition) is 5. The number of piperidine rings is 1. The molecule has 5 nitrogen and oxygen atoms in total. The fourth-order valence-corrected chi connectivity index (χ4v) is 6.26. The van der Waals surface area contributed by atoms with E-state index in [1.807, 2.05) is 40.6 Å². The van der Waals surface area contributed by atoms with Gasteiger partial charge in [-0.05, 0) is 43.0 Å².